The molecule has 166 valence electrons. The second kappa shape index (κ2) is 8.58. The van der Waals surface area contributed by atoms with Gasteiger partial charge in [-0.1, -0.05) is 18.2 Å². The molecule has 33 heavy (non-hydrogen) atoms. The highest BCUT2D eigenvalue weighted by Crippen LogP contribution is 2.30. The van der Waals surface area contributed by atoms with Crippen LogP contribution in [0.1, 0.15) is 11.1 Å². The summed E-state index contributed by atoms with van der Waals surface area (Å²) in [6, 6.07) is 13.3. The molecule has 4 aromatic rings. The van der Waals surface area contributed by atoms with Crippen LogP contribution in [-0.4, -0.2) is 25.2 Å². The number of rotatable bonds is 5. The number of anilines is 1. The maximum atomic E-state index is 13.0. The number of benzene rings is 2. The Balaban J connectivity index is 1.56. The predicted octanol–water partition coefficient (Wildman–Crippen LogP) is 3.31. The Morgan fingerprint density at radius 3 is 2.61 bits per heavy atom. The Bertz CT molecular complexity index is 1430. The lowest BCUT2D eigenvalue weighted by Gasteiger charge is -2.10. The molecular formula is C22H15F3N6O2. The van der Waals surface area contributed by atoms with Crippen LogP contribution < -0.4 is 10.9 Å². The van der Waals surface area contributed by atoms with E-state index in [9.17, 15) is 22.8 Å². The van der Waals surface area contributed by atoms with E-state index in [1.54, 1.807) is 24.3 Å². The number of carbonyl (C=O) groups is 1. The van der Waals surface area contributed by atoms with Crippen LogP contribution in [0.5, 0.6) is 0 Å². The molecule has 0 saturated carbocycles. The number of fused-ring (bicyclic) bond motifs is 1. The lowest BCUT2D eigenvalue weighted by Crippen LogP contribution is -2.27. The van der Waals surface area contributed by atoms with Gasteiger partial charge in [0.1, 0.15) is 18.3 Å². The molecule has 0 spiro atoms. The van der Waals surface area contributed by atoms with Gasteiger partial charge in [0.15, 0.2) is 5.65 Å². The largest absolute Gasteiger partial charge is 0.416 e. The number of aromatic nitrogens is 4. The van der Waals surface area contributed by atoms with Crippen molar-refractivity contribution >= 4 is 22.6 Å². The van der Waals surface area contributed by atoms with E-state index >= 15 is 0 Å². The number of carbonyl (C=O) groups excluding carboxylic acids is 1. The minimum atomic E-state index is -4.53. The Labute approximate surface area is 184 Å². The quantitative estimate of drug-likeness (QED) is 0.500. The summed E-state index contributed by atoms with van der Waals surface area (Å²) in [4.78, 5) is 29.3. The number of nitrogens with zero attached hydrogens (tertiary/aromatic N) is 5. The summed E-state index contributed by atoms with van der Waals surface area (Å²) in [5.41, 5.74) is 0.0680. The van der Waals surface area contributed by atoms with Gasteiger partial charge in [0.05, 0.1) is 29.9 Å². The van der Waals surface area contributed by atoms with Crippen LogP contribution in [0.2, 0.25) is 0 Å². The third kappa shape index (κ3) is 4.59. The molecule has 2 aromatic heterocycles. The average molecular weight is 452 g/mol. The van der Waals surface area contributed by atoms with Crippen LogP contribution in [0.3, 0.4) is 0 Å². The normalized spacial score (nSPS) is 11.3. The van der Waals surface area contributed by atoms with Gasteiger partial charge in [-0.15, -0.1) is 0 Å². The van der Waals surface area contributed by atoms with Crippen molar-refractivity contribution in [3.63, 3.8) is 0 Å². The molecular weight excluding hydrogens is 437 g/mol. The van der Waals surface area contributed by atoms with Crippen molar-refractivity contribution in [1.29, 1.82) is 5.26 Å². The highest BCUT2D eigenvalue weighted by atomic mass is 19.4. The van der Waals surface area contributed by atoms with Gasteiger partial charge >= 0.3 is 6.18 Å². The van der Waals surface area contributed by atoms with Gasteiger partial charge in [-0.05, 0) is 35.9 Å². The highest BCUT2D eigenvalue weighted by molar-refractivity contribution is 5.90. The van der Waals surface area contributed by atoms with Crippen molar-refractivity contribution in [3.05, 3.63) is 82.5 Å². The zero-order chi connectivity index (χ0) is 23.6. The molecule has 1 amide bonds. The number of hydrogen-bond donors (Lipinski definition) is 1. The fraction of sp³-hybridized carbons (Fsp3) is 0.136. The summed E-state index contributed by atoms with van der Waals surface area (Å²) < 4.78 is 41.3. The van der Waals surface area contributed by atoms with Crippen LogP contribution >= 0.6 is 0 Å². The molecule has 0 atom stereocenters. The Morgan fingerprint density at radius 2 is 1.91 bits per heavy atom. The molecule has 11 heteroatoms. The first-order chi connectivity index (χ1) is 15.8. The van der Waals surface area contributed by atoms with E-state index in [1.165, 1.54) is 18.3 Å². The highest BCUT2D eigenvalue weighted by Gasteiger charge is 2.30. The van der Waals surface area contributed by atoms with Gasteiger partial charge in [-0.25, -0.2) is 9.67 Å². The van der Waals surface area contributed by atoms with E-state index in [0.717, 1.165) is 33.3 Å². The number of nitrogens with one attached hydrogen (secondary N) is 1. The van der Waals surface area contributed by atoms with Crippen molar-refractivity contribution in [2.75, 3.05) is 5.32 Å². The van der Waals surface area contributed by atoms with E-state index in [1.807, 2.05) is 6.07 Å². The Morgan fingerprint density at radius 1 is 1.15 bits per heavy atom. The molecule has 0 unspecified atom stereocenters. The fourth-order valence-corrected chi connectivity index (χ4v) is 3.22. The summed E-state index contributed by atoms with van der Waals surface area (Å²) in [5, 5.41) is 15.4. The molecule has 2 heterocycles. The Kier molecular flexibility index (Phi) is 5.66. The first-order valence-electron chi connectivity index (χ1n) is 9.63. The summed E-state index contributed by atoms with van der Waals surface area (Å²) >= 11 is 0. The predicted molar refractivity (Wildman–Crippen MR) is 113 cm³/mol. The standard InChI is InChI=1S/C22H15F3N6O2/c23-22(24,25)15-2-1-3-17(10-15)31-20-18(11-28-31)21(33)30(13-27-20)12-19(32)29-16-6-4-14(5-7-16)8-9-26/h1-7,10-11,13H,8,12H2,(H,29,32). The van der Waals surface area contributed by atoms with Crippen molar-refractivity contribution in [1.82, 2.24) is 19.3 Å². The third-order valence-corrected chi connectivity index (χ3v) is 4.81. The van der Waals surface area contributed by atoms with Gasteiger partial charge in [0.2, 0.25) is 5.91 Å². The SMILES string of the molecule is N#CCc1ccc(NC(=O)Cn2cnc3c(cnn3-c3cccc(C(F)(F)F)c3)c2=O)cc1. The number of nitriles is 1. The van der Waals surface area contributed by atoms with Crippen molar-refractivity contribution in [2.24, 2.45) is 0 Å². The molecule has 0 radical (unpaired) electrons. The monoisotopic (exact) mass is 452 g/mol. The van der Waals surface area contributed by atoms with Crippen molar-refractivity contribution < 1.29 is 18.0 Å². The number of halogens is 3. The van der Waals surface area contributed by atoms with Crippen molar-refractivity contribution in [3.8, 4) is 11.8 Å². The molecule has 4 rings (SSSR count). The van der Waals surface area contributed by atoms with Crippen molar-refractivity contribution in [2.45, 2.75) is 19.1 Å². The smallest absolute Gasteiger partial charge is 0.325 e. The number of hydrogen-bond acceptors (Lipinski definition) is 5. The van der Waals surface area contributed by atoms with Crippen LogP contribution in [-0.2, 0) is 23.9 Å². The second-order valence-corrected chi connectivity index (χ2v) is 7.10. The van der Waals surface area contributed by atoms with Gasteiger partial charge in [-0.2, -0.15) is 23.5 Å². The third-order valence-electron chi connectivity index (χ3n) is 4.81. The minimum absolute atomic E-state index is 0.0589. The van der Waals surface area contributed by atoms with Crippen LogP contribution in [0, 0.1) is 11.3 Å². The zero-order valence-corrected chi connectivity index (χ0v) is 16.9. The van der Waals surface area contributed by atoms with E-state index < -0.39 is 23.2 Å². The summed E-state index contributed by atoms with van der Waals surface area (Å²) in [7, 11) is 0. The first-order valence-corrected chi connectivity index (χ1v) is 9.63. The van der Waals surface area contributed by atoms with Gasteiger partial charge < -0.3 is 5.32 Å². The first kappa shape index (κ1) is 21.8. The summed E-state index contributed by atoms with van der Waals surface area (Å²) in [6.07, 6.45) is -1.93. The molecule has 0 aliphatic heterocycles. The maximum Gasteiger partial charge on any atom is 0.416 e. The van der Waals surface area contributed by atoms with E-state index in [2.05, 4.69) is 15.4 Å². The van der Waals surface area contributed by atoms with E-state index in [-0.39, 0.29) is 29.7 Å². The van der Waals surface area contributed by atoms with E-state index in [4.69, 9.17) is 5.26 Å². The molecule has 0 saturated heterocycles. The molecule has 0 aliphatic carbocycles. The molecule has 2 aromatic carbocycles. The van der Waals surface area contributed by atoms with Gasteiger partial charge in [0, 0.05) is 5.69 Å². The number of alkyl halides is 3. The lowest BCUT2D eigenvalue weighted by atomic mass is 10.1. The molecule has 0 fully saturated rings. The summed E-state index contributed by atoms with van der Waals surface area (Å²) in [5.74, 6) is -0.475. The molecule has 8 nitrogen and oxygen atoms in total. The number of amides is 1. The minimum Gasteiger partial charge on any atom is -0.325 e. The zero-order valence-electron chi connectivity index (χ0n) is 16.9. The van der Waals surface area contributed by atoms with E-state index in [0.29, 0.717) is 5.69 Å². The van der Waals surface area contributed by atoms with Crippen LogP contribution in [0.25, 0.3) is 16.7 Å². The topological polar surface area (TPSA) is 106 Å². The molecule has 1 N–H and O–H groups in total. The fourth-order valence-electron chi connectivity index (χ4n) is 3.22. The van der Waals surface area contributed by atoms with Crippen LogP contribution in [0.4, 0.5) is 18.9 Å². The lowest BCUT2D eigenvalue weighted by molar-refractivity contribution is -0.137. The maximum absolute atomic E-state index is 13.0. The average Bonchev–Trinajstić information content (AvgIpc) is 3.22. The Hall–Kier alpha value is -4.46. The summed E-state index contributed by atoms with van der Waals surface area (Å²) in [6.45, 7) is -0.323. The molecule has 0 aliphatic rings. The van der Waals surface area contributed by atoms with Gasteiger partial charge in [-0.3, -0.25) is 14.2 Å². The van der Waals surface area contributed by atoms with Gasteiger partial charge in [0.25, 0.3) is 5.56 Å². The van der Waals surface area contributed by atoms with Crippen LogP contribution in [0.15, 0.2) is 65.8 Å². The second-order valence-electron chi connectivity index (χ2n) is 7.10. The molecule has 0 bridgehead atoms.